The second-order valence-electron chi connectivity index (χ2n) is 10.4. The summed E-state index contributed by atoms with van der Waals surface area (Å²) in [6.45, 7) is -1.40. The van der Waals surface area contributed by atoms with E-state index < -0.39 is 54.6 Å². The molecular formula is C31H30F5N5O4. The lowest BCUT2D eigenvalue weighted by molar-refractivity contribution is -0.143. The molecule has 0 spiro atoms. The summed E-state index contributed by atoms with van der Waals surface area (Å²) >= 11 is 0. The molecule has 9 nitrogen and oxygen atoms in total. The van der Waals surface area contributed by atoms with E-state index in [9.17, 15) is 36.8 Å². The molecule has 0 aliphatic carbocycles. The van der Waals surface area contributed by atoms with Crippen LogP contribution in [0.25, 0.3) is 0 Å². The molecule has 0 unspecified atom stereocenters. The molecule has 2 aromatic carbocycles. The fourth-order valence-electron chi connectivity index (χ4n) is 4.93. The Morgan fingerprint density at radius 3 is 2.60 bits per heavy atom. The number of alkyl halides is 3. The maximum absolute atomic E-state index is 15.0. The van der Waals surface area contributed by atoms with E-state index in [1.807, 2.05) is 6.07 Å². The molecule has 3 atom stereocenters. The quantitative estimate of drug-likeness (QED) is 0.293. The molecular weight excluding hydrogens is 601 g/mol. The summed E-state index contributed by atoms with van der Waals surface area (Å²) < 4.78 is 76.8. The van der Waals surface area contributed by atoms with Crippen molar-refractivity contribution < 1.29 is 41.0 Å². The van der Waals surface area contributed by atoms with E-state index >= 15 is 0 Å². The van der Waals surface area contributed by atoms with Crippen molar-refractivity contribution in [2.24, 2.45) is 0 Å². The van der Waals surface area contributed by atoms with Crippen LogP contribution in [0.15, 0.2) is 60.8 Å². The number of rotatable bonds is 10. The summed E-state index contributed by atoms with van der Waals surface area (Å²) in [5, 5.41) is 15.2. The van der Waals surface area contributed by atoms with E-state index in [-0.39, 0.29) is 42.9 Å². The SMILES string of the molecule is CN(CC(F)(F)F)C(=O)O[C@H]1CO[C@H](CCc2c(F)cccc2NC(=O)C[C@@H](c2ccc(F)cc2)c2cccnc2C#N)CN1. The Kier molecular flexibility index (Phi) is 11.0. The summed E-state index contributed by atoms with van der Waals surface area (Å²) in [4.78, 5) is 29.7. The molecule has 0 bridgehead atoms. The highest BCUT2D eigenvalue weighted by atomic mass is 19.4. The number of nitrogens with one attached hydrogen (secondary N) is 2. The van der Waals surface area contributed by atoms with Crippen molar-refractivity contribution in [2.75, 3.05) is 32.1 Å². The number of morpholine rings is 1. The summed E-state index contributed by atoms with van der Waals surface area (Å²) in [6, 6.07) is 15.2. The van der Waals surface area contributed by atoms with Crippen LogP contribution in [0.1, 0.15) is 41.1 Å². The van der Waals surface area contributed by atoms with Gasteiger partial charge in [0, 0.05) is 43.4 Å². The number of nitrogens with zero attached hydrogens (tertiary/aromatic N) is 3. The molecule has 2 heterocycles. The number of amides is 2. The van der Waals surface area contributed by atoms with Crippen molar-refractivity contribution >= 4 is 17.7 Å². The zero-order valence-corrected chi connectivity index (χ0v) is 24.1. The Morgan fingerprint density at radius 2 is 1.93 bits per heavy atom. The van der Waals surface area contributed by atoms with E-state index in [1.54, 1.807) is 18.2 Å². The number of pyridine rings is 1. The van der Waals surface area contributed by atoms with Crippen LogP contribution in [-0.2, 0) is 20.7 Å². The van der Waals surface area contributed by atoms with E-state index in [0.717, 1.165) is 7.05 Å². The van der Waals surface area contributed by atoms with Gasteiger partial charge in [-0.25, -0.2) is 18.6 Å². The lowest BCUT2D eigenvalue weighted by Crippen LogP contribution is -2.50. The molecule has 2 amide bonds. The topological polar surface area (TPSA) is 117 Å². The normalized spacial score (nSPS) is 17.2. The van der Waals surface area contributed by atoms with E-state index in [0.29, 0.717) is 22.4 Å². The molecule has 1 aromatic heterocycles. The Bertz CT molecular complexity index is 1520. The monoisotopic (exact) mass is 631 g/mol. The van der Waals surface area contributed by atoms with Crippen LogP contribution in [-0.4, -0.2) is 67.1 Å². The summed E-state index contributed by atoms with van der Waals surface area (Å²) in [6.07, 6.45) is -5.33. The number of carbonyl (C=O) groups excluding carboxylic acids is 2. The average molecular weight is 632 g/mol. The molecule has 238 valence electrons. The van der Waals surface area contributed by atoms with Gasteiger partial charge in [0.2, 0.25) is 5.91 Å². The van der Waals surface area contributed by atoms with Gasteiger partial charge in [0.25, 0.3) is 0 Å². The molecule has 1 fully saturated rings. The molecule has 45 heavy (non-hydrogen) atoms. The first-order valence-corrected chi connectivity index (χ1v) is 13.9. The van der Waals surface area contributed by atoms with Crippen LogP contribution in [0.2, 0.25) is 0 Å². The number of anilines is 1. The van der Waals surface area contributed by atoms with Gasteiger partial charge in [0.05, 0.1) is 12.7 Å². The Morgan fingerprint density at radius 1 is 1.18 bits per heavy atom. The molecule has 1 saturated heterocycles. The number of carbonyl (C=O) groups is 2. The van der Waals surface area contributed by atoms with Gasteiger partial charge in [-0.1, -0.05) is 24.3 Å². The Labute approximate surface area is 255 Å². The molecule has 1 aliphatic heterocycles. The fourth-order valence-corrected chi connectivity index (χ4v) is 4.93. The van der Waals surface area contributed by atoms with Crippen molar-refractivity contribution in [3.05, 3.63) is 94.8 Å². The van der Waals surface area contributed by atoms with Crippen LogP contribution in [0, 0.1) is 23.0 Å². The number of nitriles is 1. The van der Waals surface area contributed by atoms with Crippen LogP contribution < -0.4 is 10.6 Å². The first kappa shape index (κ1) is 33.3. The molecule has 4 rings (SSSR count). The highest BCUT2D eigenvalue weighted by molar-refractivity contribution is 5.92. The molecule has 1 aliphatic rings. The van der Waals surface area contributed by atoms with Crippen LogP contribution in [0.4, 0.5) is 32.4 Å². The largest absolute Gasteiger partial charge is 0.428 e. The number of hydrogen-bond donors (Lipinski definition) is 2. The molecule has 2 N–H and O–H groups in total. The van der Waals surface area contributed by atoms with E-state index in [4.69, 9.17) is 9.47 Å². The molecule has 14 heteroatoms. The van der Waals surface area contributed by atoms with Gasteiger partial charge in [-0.05, 0) is 54.3 Å². The van der Waals surface area contributed by atoms with Gasteiger partial charge in [-0.15, -0.1) is 0 Å². The zero-order chi connectivity index (χ0) is 32.6. The van der Waals surface area contributed by atoms with Gasteiger partial charge in [0.15, 0.2) is 6.23 Å². The third-order valence-electron chi connectivity index (χ3n) is 7.12. The molecule has 0 radical (unpaired) electrons. The second kappa shape index (κ2) is 14.9. The third-order valence-corrected chi connectivity index (χ3v) is 7.12. The number of hydrogen-bond acceptors (Lipinski definition) is 7. The number of aromatic nitrogens is 1. The van der Waals surface area contributed by atoms with Crippen LogP contribution in [0.3, 0.4) is 0 Å². The van der Waals surface area contributed by atoms with Gasteiger partial charge in [-0.3, -0.25) is 10.1 Å². The Hall–Kier alpha value is -4.61. The van der Waals surface area contributed by atoms with Crippen LogP contribution >= 0.6 is 0 Å². The lowest BCUT2D eigenvalue weighted by Gasteiger charge is -2.31. The second-order valence-corrected chi connectivity index (χ2v) is 10.4. The predicted molar refractivity (Wildman–Crippen MR) is 152 cm³/mol. The summed E-state index contributed by atoms with van der Waals surface area (Å²) in [5.41, 5.74) is 1.67. The Balaban J connectivity index is 1.38. The number of benzene rings is 2. The van der Waals surface area contributed by atoms with Crippen LogP contribution in [0.5, 0.6) is 0 Å². The van der Waals surface area contributed by atoms with Crippen molar-refractivity contribution in [3.63, 3.8) is 0 Å². The van der Waals surface area contributed by atoms with Gasteiger partial charge in [0.1, 0.15) is 29.9 Å². The minimum Gasteiger partial charge on any atom is -0.428 e. The number of halogens is 5. The maximum Gasteiger partial charge on any atom is 0.411 e. The number of ether oxygens (including phenoxy) is 2. The predicted octanol–water partition coefficient (Wildman–Crippen LogP) is 5.27. The van der Waals surface area contributed by atoms with Crippen molar-refractivity contribution in [1.29, 1.82) is 5.26 Å². The average Bonchev–Trinajstić information content (AvgIpc) is 3.00. The first-order chi connectivity index (χ1) is 21.4. The van der Waals surface area contributed by atoms with Gasteiger partial charge in [-0.2, -0.15) is 18.4 Å². The minimum absolute atomic E-state index is 0.123. The minimum atomic E-state index is -4.56. The van der Waals surface area contributed by atoms with E-state index in [2.05, 4.69) is 15.6 Å². The van der Waals surface area contributed by atoms with E-state index in [1.165, 1.54) is 42.6 Å². The van der Waals surface area contributed by atoms with Gasteiger partial charge >= 0.3 is 12.3 Å². The highest BCUT2D eigenvalue weighted by Crippen LogP contribution is 2.31. The van der Waals surface area contributed by atoms with Crippen molar-refractivity contribution in [2.45, 2.75) is 43.7 Å². The first-order valence-electron chi connectivity index (χ1n) is 13.9. The summed E-state index contributed by atoms with van der Waals surface area (Å²) in [7, 11) is 0.971. The standard InChI is InChI=1S/C31H30F5N5O4/c1-41(18-31(34,35)36)30(43)45-29-17-44-21(16-39-29)11-12-23-25(33)5-2-6-26(23)40-28(42)14-24(19-7-9-20(32)10-8-19)22-4-3-13-38-27(22)15-37/h2-10,13,21,24,29,39H,11-12,14,16-18H2,1H3,(H,40,42)/t21-,24+,29+/m1/s1. The highest BCUT2D eigenvalue weighted by Gasteiger charge is 2.33. The van der Waals surface area contributed by atoms with Crippen molar-refractivity contribution in [3.8, 4) is 6.07 Å². The summed E-state index contributed by atoms with van der Waals surface area (Å²) in [5.74, 6) is -2.12. The van der Waals surface area contributed by atoms with Crippen molar-refractivity contribution in [1.82, 2.24) is 15.2 Å². The van der Waals surface area contributed by atoms with Gasteiger partial charge < -0.3 is 19.7 Å². The fraction of sp³-hybridized carbons (Fsp3) is 0.355. The lowest BCUT2D eigenvalue weighted by atomic mass is 9.87. The smallest absolute Gasteiger partial charge is 0.411 e. The zero-order valence-electron chi connectivity index (χ0n) is 24.1. The molecule has 3 aromatic rings. The third kappa shape index (κ3) is 9.44. The maximum atomic E-state index is 15.0. The molecule has 0 saturated carbocycles.